The average Bonchev–Trinajstić information content (AvgIpc) is 2.75. The molecule has 14 heteroatoms. The van der Waals surface area contributed by atoms with Gasteiger partial charge in [0.2, 0.25) is 0 Å². The molecule has 0 aromatic heterocycles. The number of nitrogens with two attached hydrogens (primary N) is 5. The fourth-order valence-electron chi connectivity index (χ4n) is 4.37. The number of hydrogen-bond acceptors (Lipinski definition) is 12. The summed E-state index contributed by atoms with van der Waals surface area (Å²) >= 11 is 0. The molecule has 0 spiro atoms. The molecule has 2 heterocycles. The maximum atomic E-state index is 15.5. The number of aliphatic hydroxyl groups is 3. The molecule has 188 valence electrons. The number of rotatable bonds is 6. The van der Waals surface area contributed by atoms with E-state index in [4.69, 9.17) is 47.6 Å². The Hall–Kier alpha value is -0.620. The van der Waals surface area contributed by atoms with Gasteiger partial charge in [-0.25, -0.2) is 8.78 Å². The Morgan fingerprint density at radius 2 is 1.47 bits per heavy atom. The summed E-state index contributed by atoms with van der Waals surface area (Å²) in [5.41, 5.74) is 29.2. The Morgan fingerprint density at radius 1 is 0.875 bits per heavy atom. The molecule has 0 radical (unpaired) electrons. The van der Waals surface area contributed by atoms with E-state index in [1.807, 2.05) is 0 Å². The van der Waals surface area contributed by atoms with Gasteiger partial charge < -0.3 is 62.9 Å². The van der Waals surface area contributed by atoms with E-state index in [1.54, 1.807) is 0 Å². The van der Waals surface area contributed by atoms with Crippen LogP contribution in [0.25, 0.3) is 0 Å². The summed E-state index contributed by atoms with van der Waals surface area (Å²) < 4.78 is 52.9. The third kappa shape index (κ3) is 5.06. The van der Waals surface area contributed by atoms with Crippen molar-refractivity contribution in [2.45, 2.75) is 98.6 Å². The smallest absolute Gasteiger partial charge is 0.302 e. The summed E-state index contributed by atoms with van der Waals surface area (Å²) in [6.45, 7) is -0.476. The van der Waals surface area contributed by atoms with Crippen molar-refractivity contribution < 1.29 is 43.0 Å². The molecule has 1 saturated carbocycles. The lowest BCUT2D eigenvalue weighted by Crippen LogP contribution is -2.70. The molecule has 1 aliphatic carbocycles. The third-order valence-corrected chi connectivity index (χ3v) is 6.34. The van der Waals surface area contributed by atoms with Crippen LogP contribution in [0.3, 0.4) is 0 Å². The highest BCUT2D eigenvalue weighted by Crippen LogP contribution is 2.40. The van der Waals surface area contributed by atoms with E-state index in [1.165, 1.54) is 0 Å². The van der Waals surface area contributed by atoms with Gasteiger partial charge in [0.05, 0.1) is 24.8 Å². The van der Waals surface area contributed by atoms with Crippen LogP contribution in [0.2, 0.25) is 0 Å². The molecule has 3 rings (SSSR count). The molecule has 2 saturated heterocycles. The summed E-state index contributed by atoms with van der Waals surface area (Å²) in [5.74, 6) is -3.73. The Bertz CT molecular complexity index is 624. The number of halogens is 2. The zero-order valence-electron chi connectivity index (χ0n) is 17.6. The van der Waals surface area contributed by atoms with Gasteiger partial charge in [-0.15, -0.1) is 0 Å². The van der Waals surface area contributed by atoms with Crippen molar-refractivity contribution in [1.82, 2.24) is 0 Å². The van der Waals surface area contributed by atoms with Crippen molar-refractivity contribution in [2.75, 3.05) is 13.2 Å². The zero-order chi connectivity index (χ0) is 23.8. The van der Waals surface area contributed by atoms with E-state index in [-0.39, 0.29) is 19.1 Å². The first kappa shape index (κ1) is 26.0. The second-order valence-electron chi connectivity index (χ2n) is 8.74. The minimum absolute atomic E-state index is 0.0892. The largest absolute Gasteiger partial charge is 0.394 e. The van der Waals surface area contributed by atoms with Gasteiger partial charge in [0, 0.05) is 18.6 Å². The Kier molecular flexibility index (Phi) is 8.39. The van der Waals surface area contributed by atoms with Crippen LogP contribution in [-0.2, 0) is 18.9 Å². The summed E-state index contributed by atoms with van der Waals surface area (Å²) in [7, 11) is 0. The monoisotopic (exact) mass is 471 g/mol. The number of aliphatic hydroxyl groups excluding tert-OH is 3. The van der Waals surface area contributed by atoms with Gasteiger partial charge >= 0.3 is 5.92 Å². The zero-order valence-corrected chi connectivity index (χ0v) is 17.6. The van der Waals surface area contributed by atoms with E-state index in [0.717, 1.165) is 0 Å². The van der Waals surface area contributed by atoms with Crippen molar-refractivity contribution in [2.24, 2.45) is 28.7 Å². The minimum atomic E-state index is -3.73. The number of ether oxygens (including phenoxy) is 4. The summed E-state index contributed by atoms with van der Waals surface area (Å²) in [6, 6.07) is -4.33. The van der Waals surface area contributed by atoms with Crippen LogP contribution >= 0.6 is 0 Å². The highest BCUT2D eigenvalue weighted by molar-refractivity contribution is 5.05. The molecular formula is C18H35F2N5O7. The number of alkyl halides is 2. The Labute approximate surface area is 184 Å². The maximum absolute atomic E-state index is 15.5. The van der Waals surface area contributed by atoms with E-state index < -0.39 is 79.8 Å². The lowest BCUT2D eigenvalue weighted by molar-refractivity contribution is -0.341. The normalized spacial score (nSPS) is 49.7. The Morgan fingerprint density at radius 3 is 2.03 bits per heavy atom. The third-order valence-electron chi connectivity index (χ3n) is 6.34. The fraction of sp³-hybridized carbons (Fsp3) is 1.00. The van der Waals surface area contributed by atoms with E-state index in [9.17, 15) is 15.3 Å². The van der Waals surface area contributed by atoms with Crippen molar-refractivity contribution in [1.29, 1.82) is 0 Å². The Balaban J connectivity index is 1.76. The van der Waals surface area contributed by atoms with Crippen molar-refractivity contribution in [3.63, 3.8) is 0 Å². The topological polar surface area (TPSA) is 228 Å². The van der Waals surface area contributed by atoms with Gasteiger partial charge in [-0.3, -0.25) is 0 Å². The van der Waals surface area contributed by atoms with Gasteiger partial charge in [0.1, 0.15) is 30.5 Å². The van der Waals surface area contributed by atoms with Crippen LogP contribution in [0.4, 0.5) is 8.78 Å². The summed E-state index contributed by atoms with van der Waals surface area (Å²) in [6.07, 6.45) is -10.3. The number of hydrogen-bond donors (Lipinski definition) is 8. The SMILES string of the molecule is NC[C@@H]1CC[C@@H](N)[C@@H](O[C@@H]2[C@@H](N)C[C@@H](N)[C@H](O[C@H]3O[C@H](CO)[C@@H](O)[C@H](N)[C@H]3O)C2(F)F)O1. The molecular weight excluding hydrogens is 436 g/mol. The van der Waals surface area contributed by atoms with Crippen LogP contribution in [0.1, 0.15) is 19.3 Å². The maximum Gasteiger partial charge on any atom is 0.302 e. The van der Waals surface area contributed by atoms with Gasteiger partial charge in [0.25, 0.3) is 0 Å². The molecule has 32 heavy (non-hydrogen) atoms. The molecule has 0 amide bonds. The second-order valence-corrected chi connectivity index (χ2v) is 8.74. The van der Waals surface area contributed by atoms with Crippen LogP contribution in [-0.4, -0.2) is 108 Å². The first-order chi connectivity index (χ1) is 15.0. The highest BCUT2D eigenvalue weighted by Gasteiger charge is 2.60. The fourth-order valence-corrected chi connectivity index (χ4v) is 4.37. The average molecular weight is 472 g/mol. The van der Waals surface area contributed by atoms with E-state index in [0.29, 0.717) is 12.8 Å². The van der Waals surface area contributed by atoms with Crippen molar-refractivity contribution >= 4 is 0 Å². The van der Waals surface area contributed by atoms with Crippen LogP contribution < -0.4 is 28.7 Å². The van der Waals surface area contributed by atoms with Gasteiger partial charge in [0.15, 0.2) is 12.6 Å². The highest BCUT2D eigenvalue weighted by atomic mass is 19.3. The van der Waals surface area contributed by atoms with Crippen molar-refractivity contribution in [3.8, 4) is 0 Å². The summed E-state index contributed by atoms with van der Waals surface area (Å²) in [5, 5.41) is 29.6. The van der Waals surface area contributed by atoms with Gasteiger partial charge in [-0.1, -0.05) is 0 Å². The molecule has 13 N–H and O–H groups in total. The lowest BCUT2D eigenvalue weighted by atomic mass is 9.83. The molecule has 0 aromatic carbocycles. The first-order valence-corrected chi connectivity index (χ1v) is 10.7. The predicted octanol–water partition coefficient (Wildman–Crippen LogP) is -3.99. The predicted molar refractivity (Wildman–Crippen MR) is 106 cm³/mol. The summed E-state index contributed by atoms with van der Waals surface area (Å²) in [4.78, 5) is 0. The quantitative estimate of drug-likeness (QED) is 0.185. The first-order valence-electron chi connectivity index (χ1n) is 10.7. The molecule has 3 aliphatic rings. The molecule has 0 bridgehead atoms. The standard InChI is InChI=1S/C18H35F2N5O7/c19-18(20)14(31-16-7(22)2-1-6(4-21)29-16)8(23)3-9(24)15(18)32-17-13(28)11(25)12(27)10(5-26)30-17/h6-17,26-28H,1-5,21-25H2/t6-,7+,8-,9+,10+,11-,12+,13+,14+,15-,16+,17+/m0/s1. The second kappa shape index (κ2) is 10.3. The lowest BCUT2D eigenvalue weighted by Gasteiger charge is -2.48. The van der Waals surface area contributed by atoms with Crippen molar-refractivity contribution in [3.05, 3.63) is 0 Å². The van der Waals surface area contributed by atoms with E-state index in [2.05, 4.69) is 0 Å². The minimum Gasteiger partial charge on any atom is -0.394 e. The van der Waals surface area contributed by atoms with Crippen LogP contribution in [0.5, 0.6) is 0 Å². The molecule has 0 aromatic rings. The molecule has 12 nitrogen and oxygen atoms in total. The molecule has 3 fully saturated rings. The van der Waals surface area contributed by atoms with Crippen LogP contribution in [0.15, 0.2) is 0 Å². The van der Waals surface area contributed by atoms with Gasteiger partial charge in [-0.05, 0) is 19.3 Å². The molecule has 0 unspecified atom stereocenters. The van der Waals surface area contributed by atoms with Gasteiger partial charge in [-0.2, -0.15) is 0 Å². The van der Waals surface area contributed by atoms with Crippen LogP contribution in [0, 0.1) is 0 Å². The van der Waals surface area contributed by atoms with E-state index >= 15 is 8.78 Å². The molecule has 2 aliphatic heterocycles. The molecule has 12 atom stereocenters.